The Balaban J connectivity index is 2.00. The average Bonchev–Trinajstić information content (AvgIpc) is 2.72. The van der Waals surface area contributed by atoms with Crippen molar-refractivity contribution >= 4 is 29.6 Å². The van der Waals surface area contributed by atoms with E-state index >= 15 is 0 Å². The van der Waals surface area contributed by atoms with Crippen LogP contribution in [0.5, 0.6) is 0 Å². The molecular formula is C20H25ClO8. The second kappa shape index (κ2) is 14.1. The molecule has 0 atom stereocenters. The molecule has 1 aromatic carbocycles. The van der Waals surface area contributed by atoms with Gasteiger partial charge in [-0.2, -0.15) is 0 Å². The second-order valence-electron chi connectivity index (χ2n) is 5.83. The zero-order chi connectivity index (χ0) is 20.7. The molecule has 0 N–H and O–H groups in total. The molecule has 0 aliphatic carbocycles. The molecule has 0 amide bonds. The Kier molecular flexibility index (Phi) is 11.3. The fourth-order valence-corrected chi connectivity index (χ4v) is 2.36. The Labute approximate surface area is 174 Å². The summed E-state index contributed by atoms with van der Waals surface area (Å²) in [6.07, 6.45) is 1.40. The van der Waals surface area contributed by atoms with Gasteiger partial charge in [-0.05, 0) is 23.8 Å². The lowest BCUT2D eigenvalue weighted by atomic mass is 10.1. The topological polar surface area (TPSA) is 89.5 Å². The number of esters is 2. The lowest BCUT2D eigenvalue weighted by Crippen LogP contribution is -2.21. The molecule has 8 nitrogen and oxygen atoms in total. The van der Waals surface area contributed by atoms with Gasteiger partial charge in [-0.15, -0.1) is 0 Å². The summed E-state index contributed by atoms with van der Waals surface area (Å²) >= 11 is 5.87. The Morgan fingerprint density at radius 1 is 0.621 bits per heavy atom. The molecule has 160 valence electrons. The fraction of sp³-hybridized carbons (Fsp3) is 0.500. The maximum absolute atomic E-state index is 12.4. The van der Waals surface area contributed by atoms with E-state index in [1.54, 1.807) is 24.3 Å². The normalized spacial score (nSPS) is 19.3. The molecule has 0 bridgehead atoms. The van der Waals surface area contributed by atoms with Crippen LogP contribution in [-0.2, 0) is 38.0 Å². The van der Waals surface area contributed by atoms with E-state index in [-0.39, 0.29) is 32.0 Å². The van der Waals surface area contributed by atoms with Crippen LogP contribution in [0.2, 0.25) is 5.02 Å². The smallest absolute Gasteiger partial charge is 0.345 e. The van der Waals surface area contributed by atoms with E-state index in [9.17, 15) is 9.59 Å². The maximum atomic E-state index is 12.4. The molecule has 0 unspecified atom stereocenters. The van der Waals surface area contributed by atoms with Gasteiger partial charge in [-0.3, -0.25) is 0 Å². The van der Waals surface area contributed by atoms with Gasteiger partial charge >= 0.3 is 11.9 Å². The van der Waals surface area contributed by atoms with Crippen molar-refractivity contribution in [2.45, 2.75) is 0 Å². The summed E-state index contributed by atoms with van der Waals surface area (Å²) in [5.41, 5.74) is 0.385. The quantitative estimate of drug-likeness (QED) is 0.380. The largest absolute Gasteiger partial charge is 0.459 e. The molecule has 1 heterocycles. The third-order valence-electron chi connectivity index (χ3n) is 3.66. The zero-order valence-electron chi connectivity index (χ0n) is 16.1. The van der Waals surface area contributed by atoms with Gasteiger partial charge in [0.1, 0.15) is 18.8 Å². The molecule has 1 aliphatic rings. The van der Waals surface area contributed by atoms with Crippen molar-refractivity contribution in [1.82, 2.24) is 0 Å². The van der Waals surface area contributed by atoms with Crippen molar-refractivity contribution in [3.05, 3.63) is 40.4 Å². The van der Waals surface area contributed by atoms with Crippen molar-refractivity contribution in [2.24, 2.45) is 0 Å². The molecule has 1 saturated heterocycles. The van der Waals surface area contributed by atoms with Gasteiger partial charge in [0, 0.05) is 5.02 Å². The standard InChI is InChI=1S/C20H25ClO8/c21-17-3-1-16(2-4-17)15-18-19(22)28-13-11-26-9-7-24-5-6-25-8-10-27-12-14-29-20(18)23/h1-4,15H,5-14H2. The van der Waals surface area contributed by atoms with Crippen LogP contribution in [0, 0.1) is 0 Å². The first kappa shape index (κ1) is 23.3. The Hall–Kier alpha value is -1.97. The summed E-state index contributed by atoms with van der Waals surface area (Å²) < 4.78 is 31.6. The number of carbonyl (C=O) groups is 2. The van der Waals surface area contributed by atoms with Crippen LogP contribution in [0.3, 0.4) is 0 Å². The molecule has 1 aliphatic heterocycles. The van der Waals surface area contributed by atoms with Crippen LogP contribution < -0.4 is 0 Å². The number of hydrogen-bond acceptors (Lipinski definition) is 8. The van der Waals surface area contributed by atoms with Crippen molar-refractivity contribution in [2.75, 3.05) is 66.1 Å². The van der Waals surface area contributed by atoms with E-state index < -0.39 is 11.9 Å². The van der Waals surface area contributed by atoms with E-state index in [1.165, 1.54) is 6.08 Å². The molecule has 2 rings (SSSR count). The summed E-state index contributed by atoms with van der Waals surface area (Å²) in [5, 5.41) is 0.542. The third-order valence-corrected chi connectivity index (χ3v) is 3.91. The van der Waals surface area contributed by atoms with Gasteiger partial charge in [-0.25, -0.2) is 9.59 Å². The van der Waals surface area contributed by atoms with Gasteiger partial charge < -0.3 is 28.4 Å². The van der Waals surface area contributed by atoms with Crippen molar-refractivity contribution in [1.29, 1.82) is 0 Å². The minimum absolute atomic E-state index is 0.00368. The van der Waals surface area contributed by atoms with E-state index in [1.807, 2.05) is 0 Å². The molecule has 1 aromatic rings. The summed E-state index contributed by atoms with van der Waals surface area (Å²) in [7, 11) is 0. The van der Waals surface area contributed by atoms with Crippen LogP contribution in [0.4, 0.5) is 0 Å². The fourth-order valence-electron chi connectivity index (χ4n) is 2.23. The van der Waals surface area contributed by atoms with Crippen LogP contribution in [0.25, 0.3) is 6.08 Å². The monoisotopic (exact) mass is 428 g/mol. The number of hydrogen-bond donors (Lipinski definition) is 0. The van der Waals surface area contributed by atoms with Gasteiger partial charge in [-0.1, -0.05) is 23.7 Å². The summed E-state index contributed by atoms with van der Waals surface area (Å²) in [6.45, 7) is 2.79. The molecular weight excluding hydrogens is 404 g/mol. The number of rotatable bonds is 1. The molecule has 0 aromatic heterocycles. The highest BCUT2D eigenvalue weighted by Gasteiger charge is 2.21. The van der Waals surface area contributed by atoms with Crippen LogP contribution in [0.15, 0.2) is 29.8 Å². The van der Waals surface area contributed by atoms with Gasteiger partial charge in [0.15, 0.2) is 0 Å². The first-order valence-corrected chi connectivity index (χ1v) is 9.67. The van der Waals surface area contributed by atoms with E-state index in [0.29, 0.717) is 50.2 Å². The van der Waals surface area contributed by atoms with Crippen LogP contribution >= 0.6 is 11.6 Å². The number of benzene rings is 1. The predicted octanol–water partition coefficient (Wildman–Crippen LogP) is 1.89. The summed E-state index contributed by atoms with van der Waals surface area (Å²) in [6, 6.07) is 6.66. The Morgan fingerprint density at radius 2 is 1.00 bits per heavy atom. The van der Waals surface area contributed by atoms with Crippen molar-refractivity contribution in [3.8, 4) is 0 Å². The summed E-state index contributed by atoms with van der Waals surface area (Å²) in [5.74, 6) is -1.59. The maximum Gasteiger partial charge on any atom is 0.345 e. The second-order valence-corrected chi connectivity index (χ2v) is 6.27. The van der Waals surface area contributed by atoms with Gasteiger partial charge in [0.05, 0.1) is 52.9 Å². The summed E-state index contributed by atoms with van der Waals surface area (Å²) in [4.78, 5) is 24.8. The molecule has 29 heavy (non-hydrogen) atoms. The van der Waals surface area contributed by atoms with Gasteiger partial charge in [0.25, 0.3) is 0 Å². The Morgan fingerprint density at radius 3 is 1.41 bits per heavy atom. The third kappa shape index (κ3) is 9.87. The van der Waals surface area contributed by atoms with E-state index in [4.69, 9.17) is 40.0 Å². The first-order valence-electron chi connectivity index (χ1n) is 9.29. The molecule has 1 fully saturated rings. The minimum Gasteiger partial charge on any atom is -0.459 e. The first-order chi connectivity index (χ1) is 14.2. The number of ether oxygens (including phenoxy) is 6. The Bertz CT molecular complexity index is 627. The number of halogens is 1. The number of carbonyl (C=O) groups excluding carboxylic acids is 2. The molecule has 9 heteroatoms. The molecule has 0 spiro atoms. The van der Waals surface area contributed by atoms with Crippen molar-refractivity contribution < 1.29 is 38.0 Å². The van der Waals surface area contributed by atoms with Crippen molar-refractivity contribution in [3.63, 3.8) is 0 Å². The highest BCUT2D eigenvalue weighted by atomic mass is 35.5. The average molecular weight is 429 g/mol. The van der Waals surface area contributed by atoms with E-state index in [0.717, 1.165) is 0 Å². The SMILES string of the molecule is O=C1OCCOCCOCCOCCOCCOC(=O)C1=Cc1ccc(Cl)cc1. The molecule has 0 saturated carbocycles. The van der Waals surface area contributed by atoms with Crippen LogP contribution in [0.1, 0.15) is 5.56 Å². The number of cyclic esters (lactones) is 2. The van der Waals surface area contributed by atoms with Crippen LogP contribution in [-0.4, -0.2) is 78.0 Å². The lowest BCUT2D eigenvalue weighted by molar-refractivity contribution is -0.148. The zero-order valence-corrected chi connectivity index (χ0v) is 16.9. The highest BCUT2D eigenvalue weighted by Crippen LogP contribution is 2.14. The van der Waals surface area contributed by atoms with Gasteiger partial charge in [0.2, 0.25) is 0 Å². The highest BCUT2D eigenvalue weighted by molar-refractivity contribution is 6.30. The van der Waals surface area contributed by atoms with E-state index in [2.05, 4.69) is 0 Å². The predicted molar refractivity (Wildman–Crippen MR) is 105 cm³/mol. The lowest BCUT2D eigenvalue weighted by Gasteiger charge is -2.10. The molecule has 0 radical (unpaired) electrons. The minimum atomic E-state index is -0.794.